The number of aromatic nitrogens is 4. The van der Waals surface area contributed by atoms with E-state index in [2.05, 4.69) is 77.5 Å². The Hall–Kier alpha value is -4.04. The number of nitrogens with zero attached hydrogens (tertiary/aromatic N) is 5. The fraction of sp³-hybridized carbons (Fsp3) is 0.286. The number of aryl methyl sites for hydroxylation is 1. The number of nitrogens with one attached hydrogen (secondary N) is 2. The summed E-state index contributed by atoms with van der Waals surface area (Å²) in [6, 6.07) is 19.5. The zero-order valence-electron chi connectivity index (χ0n) is 20.2. The largest absolute Gasteiger partial charge is 0.371 e. The Morgan fingerprint density at radius 1 is 0.972 bits per heavy atom. The molecule has 1 atom stereocenters. The lowest BCUT2D eigenvalue weighted by atomic mass is 9.98. The molecule has 0 spiro atoms. The number of anilines is 2. The van der Waals surface area contributed by atoms with Gasteiger partial charge in [0.25, 0.3) is 5.91 Å². The van der Waals surface area contributed by atoms with Crippen LogP contribution in [0.5, 0.6) is 0 Å². The average molecular weight is 482 g/mol. The van der Waals surface area contributed by atoms with Crippen LogP contribution in [0.3, 0.4) is 0 Å². The minimum absolute atomic E-state index is 0.260. The van der Waals surface area contributed by atoms with Gasteiger partial charge in [-0.3, -0.25) is 9.78 Å². The lowest BCUT2D eigenvalue weighted by Gasteiger charge is -2.36. The van der Waals surface area contributed by atoms with Crippen LogP contribution < -0.4 is 15.5 Å². The van der Waals surface area contributed by atoms with Crippen LogP contribution in [0, 0.1) is 0 Å². The summed E-state index contributed by atoms with van der Waals surface area (Å²) >= 11 is 0. The van der Waals surface area contributed by atoms with E-state index in [0.29, 0.717) is 17.8 Å². The van der Waals surface area contributed by atoms with Gasteiger partial charge in [-0.15, -0.1) is 0 Å². The van der Waals surface area contributed by atoms with Crippen molar-refractivity contribution in [3.05, 3.63) is 103 Å². The number of imidazole rings is 1. The average Bonchev–Trinajstić information content (AvgIpc) is 3.47. The van der Waals surface area contributed by atoms with Crippen molar-refractivity contribution in [1.29, 1.82) is 0 Å². The fourth-order valence-corrected chi connectivity index (χ4v) is 4.68. The molecule has 2 aromatic carbocycles. The highest BCUT2D eigenvalue weighted by Crippen LogP contribution is 2.25. The van der Waals surface area contributed by atoms with Crippen LogP contribution in [-0.2, 0) is 6.54 Å². The second kappa shape index (κ2) is 11.6. The van der Waals surface area contributed by atoms with Crippen molar-refractivity contribution in [2.45, 2.75) is 37.9 Å². The molecule has 0 unspecified atom stereocenters. The number of piperidine rings is 1. The van der Waals surface area contributed by atoms with E-state index in [1.54, 1.807) is 6.20 Å². The zero-order valence-corrected chi connectivity index (χ0v) is 20.2. The Kier molecular flexibility index (Phi) is 7.63. The summed E-state index contributed by atoms with van der Waals surface area (Å²) in [6.45, 7) is 2.92. The summed E-state index contributed by atoms with van der Waals surface area (Å²) in [6.07, 6.45) is 13.4. The standard InChI is InChI=1S/C28H31N7O/c36-28(27-20-29-13-14-31-27)33-23-6-8-25(9-7-23)35-17-10-24(11-18-35)32-26(22-4-2-1-3-5-22)12-16-34-19-15-30-21-34/h1-9,13-15,19-21,24,26,32H,10-12,16-18H2,(H,33,36)/t26-/m0/s1. The van der Waals surface area contributed by atoms with Crippen molar-refractivity contribution in [3.63, 3.8) is 0 Å². The number of hydrogen-bond acceptors (Lipinski definition) is 6. The SMILES string of the molecule is O=C(Nc1ccc(N2CCC(N[C@@H](CCn3ccnc3)c3ccccc3)CC2)cc1)c1cnccn1. The summed E-state index contributed by atoms with van der Waals surface area (Å²) in [5.74, 6) is -0.260. The van der Waals surface area contributed by atoms with Crippen molar-refractivity contribution >= 4 is 17.3 Å². The minimum Gasteiger partial charge on any atom is -0.371 e. The van der Waals surface area contributed by atoms with E-state index in [1.807, 2.05) is 30.9 Å². The van der Waals surface area contributed by atoms with Gasteiger partial charge >= 0.3 is 0 Å². The van der Waals surface area contributed by atoms with Gasteiger partial charge in [0, 0.05) is 67.9 Å². The normalized spacial score (nSPS) is 14.9. The Morgan fingerprint density at radius 2 is 1.78 bits per heavy atom. The summed E-state index contributed by atoms with van der Waals surface area (Å²) in [5.41, 5.74) is 3.55. The van der Waals surface area contributed by atoms with Crippen LogP contribution in [0.15, 0.2) is 91.9 Å². The van der Waals surface area contributed by atoms with Gasteiger partial charge in [-0.25, -0.2) is 9.97 Å². The molecule has 8 heteroatoms. The van der Waals surface area contributed by atoms with Gasteiger partial charge in [0.15, 0.2) is 0 Å². The number of rotatable bonds is 9. The first-order valence-corrected chi connectivity index (χ1v) is 12.4. The monoisotopic (exact) mass is 481 g/mol. The summed E-state index contributed by atoms with van der Waals surface area (Å²) in [7, 11) is 0. The molecule has 1 fully saturated rings. The van der Waals surface area contributed by atoms with Crippen LogP contribution in [0.25, 0.3) is 0 Å². The van der Waals surface area contributed by atoms with Crippen molar-refractivity contribution in [2.75, 3.05) is 23.3 Å². The lowest BCUT2D eigenvalue weighted by molar-refractivity contribution is 0.102. The van der Waals surface area contributed by atoms with Gasteiger partial charge in [-0.05, 0) is 49.1 Å². The quantitative estimate of drug-likeness (QED) is 0.370. The zero-order chi connectivity index (χ0) is 24.6. The third-order valence-corrected chi connectivity index (χ3v) is 6.66. The van der Waals surface area contributed by atoms with E-state index in [9.17, 15) is 4.79 Å². The maximum Gasteiger partial charge on any atom is 0.275 e. The predicted octanol–water partition coefficient (Wildman–Crippen LogP) is 4.32. The summed E-state index contributed by atoms with van der Waals surface area (Å²) in [4.78, 5) is 26.9. The molecule has 0 radical (unpaired) electrons. The topological polar surface area (TPSA) is 88.0 Å². The molecule has 5 rings (SSSR count). The van der Waals surface area contributed by atoms with Crippen LogP contribution in [0.4, 0.5) is 11.4 Å². The van der Waals surface area contributed by atoms with Crippen molar-refractivity contribution in [3.8, 4) is 0 Å². The lowest BCUT2D eigenvalue weighted by Crippen LogP contribution is -2.44. The maximum atomic E-state index is 12.3. The van der Waals surface area contributed by atoms with Crippen molar-refractivity contribution in [1.82, 2.24) is 24.8 Å². The van der Waals surface area contributed by atoms with Gasteiger partial charge in [0.05, 0.1) is 12.5 Å². The first kappa shape index (κ1) is 23.7. The molecule has 0 aliphatic carbocycles. The first-order chi connectivity index (χ1) is 17.7. The highest BCUT2D eigenvalue weighted by Gasteiger charge is 2.23. The molecule has 2 N–H and O–H groups in total. The van der Waals surface area contributed by atoms with Crippen molar-refractivity contribution < 1.29 is 4.79 Å². The summed E-state index contributed by atoms with van der Waals surface area (Å²) in [5, 5.41) is 6.81. The molecular formula is C28H31N7O. The number of benzene rings is 2. The predicted molar refractivity (Wildman–Crippen MR) is 141 cm³/mol. The van der Waals surface area contributed by atoms with Crippen LogP contribution >= 0.6 is 0 Å². The Morgan fingerprint density at radius 3 is 2.47 bits per heavy atom. The van der Waals surface area contributed by atoms with Crippen molar-refractivity contribution in [2.24, 2.45) is 0 Å². The second-order valence-electron chi connectivity index (χ2n) is 9.07. The van der Waals surface area contributed by atoms with E-state index in [1.165, 1.54) is 23.6 Å². The van der Waals surface area contributed by atoms with E-state index in [0.717, 1.165) is 44.6 Å². The molecule has 0 bridgehead atoms. The van der Waals surface area contributed by atoms with Gasteiger partial charge in [0.1, 0.15) is 5.69 Å². The number of hydrogen-bond donors (Lipinski definition) is 2. The van der Waals surface area contributed by atoms with E-state index >= 15 is 0 Å². The summed E-state index contributed by atoms with van der Waals surface area (Å²) < 4.78 is 2.14. The molecule has 1 saturated heterocycles. The molecule has 1 amide bonds. The van der Waals surface area contributed by atoms with Gasteiger partial charge in [-0.2, -0.15) is 0 Å². The Bertz CT molecular complexity index is 1210. The van der Waals surface area contributed by atoms with Gasteiger partial charge in [-0.1, -0.05) is 30.3 Å². The van der Waals surface area contributed by atoms with E-state index in [-0.39, 0.29) is 5.91 Å². The molecule has 2 aromatic heterocycles. The molecule has 4 aromatic rings. The first-order valence-electron chi connectivity index (χ1n) is 12.4. The molecule has 0 saturated carbocycles. The van der Waals surface area contributed by atoms with E-state index < -0.39 is 0 Å². The fourth-order valence-electron chi connectivity index (χ4n) is 4.68. The third-order valence-electron chi connectivity index (χ3n) is 6.66. The van der Waals surface area contributed by atoms with Crippen LogP contribution in [0.2, 0.25) is 0 Å². The number of carbonyl (C=O) groups is 1. The maximum absolute atomic E-state index is 12.3. The molecule has 184 valence electrons. The smallest absolute Gasteiger partial charge is 0.275 e. The van der Waals surface area contributed by atoms with Crippen LogP contribution in [-0.4, -0.2) is 44.6 Å². The Balaban J connectivity index is 1.14. The molecular weight excluding hydrogens is 450 g/mol. The van der Waals surface area contributed by atoms with E-state index in [4.69, 9.17) is 0 Å². The number of carbonyl (C=O) groups excluding carboxylic acids is 1. The van der Waals surface area contributed by atoms with Crippen LogP contribution in [0.1, 0.15) is 41.4 Å². The highest BCUT2D eigenvalue weighted by molar-refractivity contribution is 6.02. The molecule has 8 nitrogen and oxygen atoms in total. The van der Waals surface area contributed by atoms with Gasteiger partial charge in [0.2, 0.25) is 0 Å². The molecule has 3 heterocycles. The van der Waals surface area contributed by atoms with Gasteiger partial charge < -0.3 is 20.1 Å². The molecule has 1 aliphatic heterocycles. The highest BCUT2D eigenvalue weighted by atomic mass is 16.1. The Labute approximate surface area is 211 Å². The molecule has 1 aliphatic rings. The number of amides is 1. The molecule has 36 heavy (non-hydrogen) atoms. The second-order valence-corrected chi connectivity index (χ2v) is 9.07. The third kappa shape index (κ3) is 6.14. The minimum atomic E-state index is -0.260.